The number of fused-ring (bicyclic) bond motifs is 1. The summed E-state index contributed by atoms with van der Waals surface area (Å²) in [5.74, 6) is 0.787. The topological polar surface area (TPSA) is 67.4 Å². The Morgan fingerprint density at radius 3 is 2.80 bits per heavy atom. The highest BCUT2D eigenvalue weighted by atomic mass is 35.5. The van der Waals surface area contributed by atoms with Gasteiger partial charge in [0.2, 0.25) is 10.0 Å². The van der Waals surface area contributed by atoms with Crippen LogP contribution < -0.4 is 14.8 Å². The van der Waals surface area contributed by atoms with E-state index in [1.807, 2.05) is 13.8 Å². The van der Waals surface area contributed by atoms with Gasteiger partial charge in [-0.05, 0) is 44.7 Å². The van der Waals surface area contributed by atoms with Crippen LogP contribution in [0.25, 0.3) is 0 Å². The van der Waals surface area contributed by atoms with Crippen molar-refractivity contribution in [2.75, 3.05) is 13.6 Å². The molecule has 0 radical (unpaired) electrons. The Kier molecular flexibility index (Phi) is 5.82. The molecule has 1 aromatic rings. The summed E-state index contributed by atoms with van der Waals surface area (Å²) in [7, 11) is -1.65. The number of hydrogen-bond acceptors (Lipinski definition) is 4. The SMILES string of the molecule is CNC(C)CNS(=O)(=O)c1ccc2c(c1)CC(C)O2.Cl. The van der Waals surface area contributed by atoms with Crippen LogP contribution in [-0.4, -0.2) is 34.2 Å². The van der Waals surface area contributed by atoms with Gasteiger partial charge in [-0.25, -0.2) is 13.1 Å². The number of benzene rings is 1. The van der Waals surface area contributed by atoms with E-state index in [4.69, 9.17) is 4.74 Å². The second-order valence-corrected chi connectivity index (χ2v) is 6.71. The van der Waals surface area contributed by atoms with Crippen molar-refractivity contribution < 1.29 is 13.2 Å². The van der Waals surface area contributed by atoms with E-state index >= 15 is 0 Å². The van der Waals surface area contributed by atoms with E-state index in [0.29, 0.717) is 11.4 Å². The first-order valence-corrected chi connectivity index (χ1v) is 7.87. The van der Waals surface area contributed by atoms with E-state index in [2.05, 4.69) is 10.0 Å². The molecule has 0 fully saturated rings. The number of likely N-dealkylation sites (N-methyl/N-ethyl adjacent to an activating group) is 1. The molecule has 0 aliphatic carbocycles. The summed E-state index contributed by atoms with van der Waals surface area (Å²) in [4.78, 5) is 0.298. The number of nitrogens with one attached hydrogen (secondary N) is 2. The zero-order valence-electron chi connectivity index (χ0n) is 11.8. The van der Waals surface area contributed by atoms with E-state index in [-0.39, 0.29) is 24.6 Å². The van der Waals surface area contributed by atoms with E-state index < -0.39 is 10.0 Å². The van der Waals surface area contributed by atoms with Gasteiger partial charge in [0.15, 0.2) is 0 Å². The van der Waals surface area contributed by atoms with E-state index in [1.54, 1.807) is 25.2 Å². The van der Waals surface area contributed by atoms with E-state index in [0.717, 1.165) is 17.7 Å². The van der Waals surface area contributed by atoms with Crippen molar-refractivity contribution in [3.05, 3.63) is 23.8 Å². The smallest absolute Gasteiger partial charge is 0.240 e. The fourth-order valence-electron chi connectivity index (χ4n) is 1.99. The molecule has 0 aromatic heterocycles. The first-order valence-electron chi connectivity index (χ1n) is 6.39. The first kappa shape index (κ1) is 17.2. The van der Waals surface area contributed by atoms with Crippen molar-refractivity contribution in [3.8, 4) is 5.75 Å². The number of hydrogen-bond donors (Lipinski definition) is 2. The minimum Gasteiger partial charge on any atom is -0.490 e. The average molecular weight is 321 g/mol. The first-order chi connectivity index (χ1) is 8.92. The maximum Gasteiger partial charge on any atom is 0.240 e. The molecule has 20 heavy (non-hydrogen) atoms. The molecule has 114 valence electrons. The van der Waals surface area contributed by atoms with Crippen molar-refractivity contribution in [1.82, 2.24) is 10.0 Å². The van der Waals surface area contributed by atoms with Gasteiger partial charge in [0.25, 0.3) is 0 Å². The van der Waals surface area contributed by atoms with Crippen molar-refractivity contribution in [3.63, 3.8) is 0 Å². The maximum atomic E-state index is 12.2. The van der Waals surface area contributed by atoms with Gasteiger partial charge in [0, 0.05) is 19.0 Å². The van der Waals surface area contributed by atoms with Gasteiger partial charge in [0.1, 0.15) is 11.9 Å². The Morgan fingerprint density at radius 2 is 2.15 bits per heavy atom. The van der Waals surface area contributed by atoms with Crippen LogP contribution in [0, 0.1) is 0 Å². The van der Waals surface area contributed by atoms with Gasteiger partial charge in [-0.3, -0.25) is 0 Å². The number of sulfonamides is 1. The highest BCUT2D eigenvalue weighted by Crippen LogP contribution is 2.30. The molecular formula is C13H21ClN2O3S. The van der Waals surface area contributed by atoms with Gasteiger partial charge in [-0.2, -0.15) is 0 Å². The average Bonchev–Trinajstić information content (AvgIpc) is 2.74. The Bertz CT molecular complexity index is 563. The van der Waals surface area contributed by atoms with E-state index in [9.17, 15) is 8.42 Å². The minimum absolute atomic E-state index is 0. The lowest BCUT2D eigenvalue weighted by Gasteiger charge is -2.12. The van der Waals surface area contributed by atoms with Crippen LogP contribution in [0.5, 0.6) is 5.75 Å². The Hall–Kier alpha value is -0.820. The third-order valence-corrected chi connectivity index (χ3v) is 4.67. The lowest BCUT2D eigenvalue weighted by molar-refractivity contribution is 0.254. The molecule has 1 aromatic carbocycles. The molecule has 1 aliphatic rings. The standard InChI is InChI=1S/C13H20N2O3S.ClH/c1-9(14-3)8-15-19(16,17)12-4-5-13-11(7-12)6-10(2)18-13;/h4-5,7,9-10,14-15H,6,8H2,1-3H3;1H. The molecule has 7 heteroatoms. The molecule has 0 saturated carbocycles. The number of rotatable bonds is 5. The van der Waals surface area contributed by atoms with Gasteiger partial charge < -0.3 is 10.1 Å². The fraction of sp³-hybridized carbons (Fsp3) is 0.538. The summed E-state index contributed by atoms with van der Waals surface area (Å²) >= 11 is 0. The van der Waals surface area contributed by atoms with Crippen LogP contribution >= 0.6 is 12.4 Å². The van der Waals surface area contributed by atoms with Crippen LogP contribution in [-0.2, 0) is 16.4 Å². The molecule has 2 atom stereocenters. The molecule has 2 unspecified atom stereocenters. The van der Waals surface area contributed by atoms with Crippen molar-refractivity contribution in [2.24, 2.45) is 0 Å². The van der Waals surface area contributed by atoms with Crippen molar-refractivity contribution in [1.29, 1.82) is 0 Å². The van der Waals surface area contributed by atoms with Crippen LogP contribution in [0.4, 0.5) is 0 Å². The molecule has 0 amide bonds. The summed E-state index contributed by atoms with van der Waals surface area (Å²) in [5.41, 5.74) is 0.956. The maximum absolute atomic E-state index is 12.2. The predicted octanol–water partition coefficient (Wildman–Crippen LogP) is 1.32. The molecule has 5 nitrogen and oxygen atoms in total. The second kappa shape index (κ2) is 6.76. The second-order valence-electron chi connectivity index (χ2n) is 4.94. The van der Waals surface area contributed by atoms with Crippen LogP contribution in [0.3, 0.4) is 0 Å². The summed E-state index contributed by atoms with van der Waals surface area (Å²) in [5, 5.41) is 2.99. The van der Waals surface area contributed by atoms with Crippen molar-refractivity contribution >= 4 is 22.4 Å². The molecule has 0 saturated heterocycles. The molecule has 2 rings (SSSR count). The zero-order chi connectivity index (χ0) is 14.0. The number of ether oxygens (including phenoxy) is 1. The molecule has 0 spiro atoms. The highest BCUT2D eigenvalue weighted by molar-refractivity contribution is 7.89. The van der Waals surface area contributed by atoms with Crippen LogP contribution in [0.2, 0.25) is 0 Å². The van der Waals surface area contributed by atoms with Gasteiger partial charge >= 0.3 is 0 Å². The lowest BCUT2D eigenvalue weighted by Crippen LogP contribution is -2.37. The molecular weight excluding hydrogens is 300 g/mol. The largest absolute Gasteiger partial charge is 0.490 e. The fourth-order valence-corrected chi connectivity index (χ4v) is 3.17. The van der Waals surface area contributed by atoms with E-state index in [1.165, 1.54) is 0 Å². The van der Waals surface area contributed by atoms with Gasteiger partial charge in [-0.1, -0.05) is 0 Å². The van der Waals surface area contributed by atoms with Crippen molar-refractivity contribution in [2.45, 2.75) is 37.3 Å². The molecule has 1 heterocycles. The summed E-state index contributed by atoms with van der Waals surface area (Å²) in [6.45, 7) is 4.25. The molecule has 1 aliphatic heterocycles. The Balaban J connectivity index is 0.00000200. The summed E-state index contributed by atoms with van der Waals surface area (Å²) in [6.07, 6.45) is 0.872. The molecule has 2 N–H and O–H groups in total. The Labute approximate surface area is 126 Å². The number of halogens is 1. The minimum atomic E-state index is -3.45. The van der Waals surface area contributed by atoms with Crippen LogP contribution in [0.1, 0.15) is 19.4 Å². The predicted molar refractivity (Wildman–Crippen MR) is 81.2 cm³/mol. The highest BCUT2D eigenvalue weighted by Gasteiger charge is 2.22. The molecule has 0 bridgehead atoms. The zero-order valence-corrected chi connectivity index (χ0v) is 13.5. The Morgan fingerprint density at radius 1 is 1.45 bits per heavy atom. The lowest BCUT2D eigenvalue weighted by atomic mass is 10.1. The quantitative estimate of drug-likeness (QED) is 0.858. The van der Waals surface area contributed by atoms with Gasteiger partial charge in [0.05, 0.1) is 4.90 Å². The van der Waals surface area contributed by atoms with Crippen LogP contribution in [0.15, 0.2) is 23.1 Å². The third-order valence-electron chi connectivity index (χ3n) is 3.25. The monoisotopic (exact) mass is 320 g/mol. The third kappa shape index (κ3) is 3.85. The normalized spacial score (nSPS) is 18.9. The summed E-state index contributed by atoms with van der Waals surface area (Å²) < 4.78 is 32.5. The summed E-state index contributed by atoms with van der Waals surface area (Å²) in [6, 6.07) is 5.11. The van der Waals surface area contributed by atoms with Gasteiger partial charge in [-0.15, -0.1) is 12.4 Å².